The van der Waals surface area contributed by atoms with Crippen molar-refractivity contribution in [3.05, 3.63) is 29.8 Å². The number of aliphatic hydroxyl groups is 1. The van der Waals surface area contributed by atoms with Crippen LogP contribution in [0.25, 0.3) is 0 Å². The van der Waals surface area contributed by atoms with E-state index in [0.29, 0.717) is 0 Å². The third-order valence-electron chi connectivity index (χ3n) is 2.99. The molecule has 0 radical (unpaired) electrons. The summed E-state index contributed by atoms with van der Waals surface area (Å²) in [4.78, 5) is 0. The average Bonchev–Trinajstić information content (AvgIpc) is 2.28. The Morgan fingerprint density at radius 3 is 2.68 bits per heavy atom. The van der Waals surface area contributed by atoms with Gasteiger partial charge >= 0.3 is 0 Å². The lowest BCUT2D eigenvalue weighted by molar-refractivity contribution is 0.207. The first-order valence-corrected chi connectivity index (χ1v) is 7.00. The van der Waals surface area contributed by atoms with Crippen molar-refractivity contribution in [2.75, 3.05) is 13.2 Å². The molecule has 0 saturated carbocycles. The second-order valence-electron chi connectivity index (χ2n) is 6.06. The first-order chi connectivity index (χ1) is 8.93. The van der Waals surface area contributed by atoms with Gasteiger partial charge in [-0.15, -0.1) is 0 Å². The van der Waals surface area contributed by atoms with Crippen LogP contribution in [0.2, 0.25) is 0 Å². The highest BCUT2D eigenvalue weighted by Gasteiger charge is 2.16. The highest BCUT2D eigenvalue weighted by atomic mass is 16.5. The smallest absolute Gasteiger partial charge is 0.120 e. The third kappa shape index (κ3) is 6.60. The van der Waals surface area contributed by atoms with Crippen LogP contribution in [0.5, 0.6) is 5.75 Å². The molecular weight excluding hydrogens is 238 g/mol. The lowest BCUT2D eigenvalue weighted by Crippen LogP contribution is -2.29. The molecule has 0 bridgehead atoms. The Bertz CT molecular complexity index is 375. The summed E-state index contributed by atoms with van der Waals surface area (Å²) in [5, 5.41) is 12.4. The van der Waals surface area contributed by atoms with Gasteiger partial charge in [0.15, 0.2) is 0 Å². The number of ether oxygens (including phenoxy) is 1. The highest BCUT2D eigenvalue weighted by molar-refractivity contribution is 5.28. The lowest BCUT2D eigenvalue weighted by Gasteiger charge is -2.24. The molecule has 0 heterocycles. The first-order valence-electron chi connectivity index (χ1n) is 7.00. The summed E-state index contributed by atoms with van der Waals surface area (Å²) in [7, 11) is 0. The van der Waals surface area contributed by atoms with Crippen LogP contribution in [0, 0.1) is 5.41 Å². The molecule has 2 N–H and O–H groups in total. The second kappa shape index (κ2) is 7.51. The maximum atomic E-state index is 8.99. The summed E-state index contributed by atoms with van der Waals surface area (Å²) < 4.78 is 5.68. The Balaban J connectivity index is 2.45. The van der Waals surface area contributed by atoms with Gasteiger partial charge in [-0.1, -0.05) is 26.0 Å². The fraction of sp³-hybridized carbons (Fsp3) is 0.625. The van der Waals surface area contributed by atoms with Crippen LogP contribution in [0.3, 0.4) is 0 Å². The zero-order chi connectivity index (χ0) is 14.3. The standard InChI is InChI=1S/C16H27NO2/c1-13(2)19-15-7-5-6-14(10-15)11-17-12-16(3,4)8-9-18/h5-7,10,13,17-18H,8-9,11-12H2,1-4H3. The van der Waals surface area contributed by atoms with E-state index in [2.05, 4.69) is 31.3 Å². The van der Waals surface area contributed by atoms with Gasteiger partial charge in [-0.05, 0) is 43.4 Å². The minimum absolute atomic E-state index is 0.126. The number of nitrogens with one attached hydrogen (secondary N) is 1. The van der Waals surface area contributed by atoms with Crippen molar-refractivity contribution in [1.82, 2.24) is 5.32 Å². The van der Waals surface area contributed by atoms with Crippen molar-refractivity contribution in [1.29, 1.82) is 0 Å². The molecule has 0 aromatic heterocycles. The number of hydrogen-bond donors (Lipinski definition) is 2. The normalized spacial score (nSPS) is 11.9. The molecule has 3 nitrogen and oxygen atoms in total. The molecule has 108 valence electrons. The zero-order valence-electron chi connectivity index (χ0n) is 12.6. The van der Waals surface area contributed by atoms with E-state index in [9.17, 15) is 0 Å². The van der Waals surface area contributed by atoms with Gasteiger partial charge in [0.25, 0.3) is 0 Å². The van der Waals surface area contributed by atoms with E-state index in [1.807, 2.05) is 26.0 Å². The molecule has 3 heteroatoms. The SMILES string of the molecule is CC(C)Oc1cccc(CNCC(C)(C)CCO)c1. The van der Waals surface area contributed by atoms with Gasteiger partial charge < -0.3 is 15.2 Å². The summed E-state index contributed by atoms with van der Waals surface area (Å²) >= 11 is 0. The van der Waals surface area contributed by atoms with E-state index in [1.54, 1.807) is 0 Å². The number of aliphatic hydroxyl groups excluding tert-OH is 1. The molecule has 0 atom stereocenters. The Kier molecular flexibility index (Phi) is 6.32. The Morgan fingerprint density at radius 2 is 2.05 bits per heavy atom. The molecule has 0 aliphatic rings. The summed E-state index contributed by atoms with van der Waals surface area (Å²) in [6.07, 6.45) is 1.02. The molecule has 1 aromatic carbocycles. The lowest BCUT2D eigenvalue weighted by atomic mass is 9.90. The summed E-state index contributed by atoms with van der Waals surface area (Å²) in [5.74, 6) is 0.920. The maximum Gasteiger partial charge on any atom is 0.120 e. The predicted octanol–water partition coefficient (Wildman–Crippen LogP) is 2.97. The van der Waals surface area contributed by atoms with Gasteiger partial charge in [0.2, 0.25) is 0 Å². The maximum absolute atomic E-state index is 8.99. The van der Waals surface area contributed by atoms with Crippen LogP contribution < -0.4 is 10.1 Å². The van der Waals surface area contributed by atoms with Gasteiger partial charge in [0.1, 0.15) is 5.75 Å². The van der Waals surface area contributed by atoms with E-state index in [1.165, 1.54) is 5.56 Å². The molecule has 0 fully saturated rings. The van der Waals surface area contributed by atoms with Gasteiger partial charge in [0.05, 0.1) is 6.10 Å². The van der Waals surface area contributed by atoms with E-state index in [4.69, 9.17) is 9.84 Å². The largest absolute Gasteiger partial charge is 0.491 e. The molecule has 1 rings (SSSR count). The van der Waals surface area contributed by atoms with Crippen molar-refractivity contribution >= 4 is 0 Å². The zero-order valence-corrected chi connectivity index (χ0v) is 12.6. The van der Waals surface area contributed by atoms with Crippen molar-refractivity contribution in [2.45, 2.75) is 46.8 Å². The van der Waals surface area contributed by atoms with Crippen LogP contribution in [-0.4, -0.2) is 24.4 Å². The van der Waals surface area contributed by atoms with E-state index < -0.39 is 0 Å². The molecule has 0 aliphatic heterocycles. The summed E-state index contributed by atoms with van der Waals surface area (Å²) in [5.41, 5.74) is 1.35. The highest BCUT2D eigenvalue weighted by Crippen LogP contribution is 2.19. The first kappa shape index (κ1) is 16.0. The van der Waals surface area contributed by atoms with Crippen molar-refractivity contribution < 1.29 is 9.84 Å². The van der Waals surface area contributed by atoms with Crippen LogP contribution in [0.4, 0.5) is 0 Å². The molecular formula is C16H27NO2. The second-order valence-corrected chi connectivity index (χ2v) is 6.06. The van der Waals surface area contributed by atoms with E-state index >= 15 is 0 Å². The molecule has 0 spiro atoms. The van der Waals surface area contributed by atoms with Crippen LogP contribution in [-0.2, 0) is 6.54 Å². The molecule has 19 heavy (non-hydrogen) atoms. The van der Waals surface area contributed by atoms with Crippen molar-refractivity contribution in [3.8, 4) is 5.75 Å². The third-order valence-corrected chi connectivity index (χ3v) is 2.99. The fourth-order valence-electron chi connectivity index (χ4n) is 1.94. The quantitative estimate of drug-likeness (QED) is 0.759. The van der Waals surface area contributed by atoms with E-state index in [-0.39, 0.29) is 18.1 Å². The van der Waals surface area contributed by atoms with Crippen LogP contribution in [0.1, 0.15) is 39.7 Å². The van der Waals surface area contributed by atoms with Crippen molar-refractivity contribution in [2.24, 2.45) is 5.41 Å². The predicted molar refractivity (Wildman–Crippen MR) is 79.4 cm³/mol. The Hall–Kier alpha value is -1.06. The van der Waals surface area contributed by atoms with Gasteiger partial charge in [-0.25, -0.2) is 0 Å². The molecule has 0 amide bonds. The minimum Gasteiger partial charge on any atom is -0.491 e. The number of benzene rings is 1. The molecule has 0 aliphatic carbocycles. The minimum atomic E-state index is 0.126. The van der Waals surface area contributed by atoms with Gasteiger partial charge in [0, 0.05) is 19.7 Å². The molecule has 0 unspecified atom stereocenters. The van der Waals surface area contributed by atoms with Gasteiger partial charge in [-0.3, -0.25) is 0 Å². The Labute approximate surface area is 117 Å². The van der Waals surface area contributed by atoms with E-state index in [0.717, 1.165) is 25.3 Å². The average molecular weight is 265 g/mol. The summed E-state index contributed by atoms with van der Waals surface area (Å²) in [6.45, 7) is 10.3. The van der Waals surface area contributed by atoms with Crippen molar-refractivity contribution in [3.63, 3.8) is 0 Å². The van der Waals surface area contributed by atoms with Crippen LogP contribution >= 0.6 is 0 Å². The number of rotatable bonds is 8. The number of hydrogen-bond acceptors (Lipinski definition) is 3. The topological polar surface area (TPSA) is 41.5 Å². The molecule has 1 aromatic rings. The monoisotopic (exact) mass is 265 g/mol. The molecule has 0 saturated heterocycles. The summed E-state index contributed by atoms with van der Waals surface area (Å²) in [6, 6.07) is 8.18. The van der Waals surface area contributed by atoms with Crippen LogP contribution in [0.15, 0.2) is 24.3 Å². The fourth-order valence-corrected chi connectivity index (χ4v) is 1.94. The Morgan fingerprint density at radius 1 is 1.32 bits per heavy atom. The van der Waals surface area contributed by atoms with Gasteiger partial charge in [-0.2, -0.15) is 0 Å².